The number of nitrogens with zero attached hydrogens (tertiary/aromatic N) is 1. The molecule has 0 aliphatic rings. The molecule has 1 nitrogen and oxygen atoms in total. The lowest BCUT2D eigenvalue weighted by Crippen LogP contribution is -2.18. The zero-order valence-corrected chi connectivity index (χ0v) is 17.2. The van der Waals surface area contributed by atoms with E-state index in [1.54, 1.807) is 0 Å². The van der Waals surface area contributed by atoms with Crippen molar-refractivity contribution in [3.63, 3.8) is 0 Å². The number of fused-ring (bicyclic) bond motifs is 3. The smallest absolute Gasteiger partial charge is 0.0541 e. The highest BCUT2D eigenvalue weighted by atomic mass is 15.0. The Kier molecular flexibility index (Phi) is 4.06. The van der Waals surface area contributed by atoms with Crippen molar-refractivity contribution in [3.05, 3.63) is 114 Å². The fourth-order valence-corrected chi connectivity index (χ4v) is 4.36. The van der Waals surface area contributed by atoms with Crippen LogP contribution >= 0.6 is 0 Å². The van der Waals surface area contributed by atoms with Gasteiger partial charge in [0.1, 0.15) is 0 Å². The molecule has 0 spiro atoms. The van der Waals surface area contributed by atoms with Crippen molar-refractivity contribution < 1.29 is 0 Å². The fourth-order valence-electron chi connectivity index (χ4n) is 4.36. The van der Waals surface area contributed by atoms with Crippen molar-refractivity contribution in [2.45, 2.75) is 26.2 Å². The van der Waals surface area contributed by atoms with E-state index >= 15 is 0 Å². The molecule has 0 saturated heterocycles. The van der Waals surface area contributed by atoms with E-state index in [4.69, 9.17) is 0 Å². The van der Waals surface area contributed by atoms with E-state index in [9.17, 15) is 0 Å². The second-order valence-electron chi connectivity index (χ2n) is 8.41. The van der Waals surface area contributed by atoms with Gasteiger partial charge < -0.3 is 4.57 Å². The van der Waals surface area contributed by atoms with Crippen LogP contribution in [0.15, 0.2) is 97.1 Å². The first-order valence-corrected chi connectivity index (χ1v) is 10.2. The normalized spacial score (nSPS) is 12.0. The van der Waals surface area contributed by atoms with Crippen molar-refractivity contribution >= 4 is 21.8 Å². The summed E-state index contributed by atoms with van der Waals surface area (Å²) >= 11 is 0. The Hall–Kier alpha value is -3.32. The minimum absolute atomic E-state index is 0.0347. The molecule has 0 fully saturated rings. The predicted molar refractivity (Wildman–Crippen MR) is 124 cm³/mol. The summed E-state index contributed by atoms with van der Waals surface area (Å²) < 4.78 is 2.37. The molecule has 5 aromatic rings. The summed E-state index contributed by atoms with van der Waals surface area (Å²) in [5, 5.41) is 2.60. The summed E-state index contributed by atoms with van der Waals surface area (Å²) in [5.41, 5.74) is 7.63. The summed E-state index contributed by atoms with van der Waals surface area (Å²) in [4.78, 5) is 0. The van der Waals surface area contributed by atoms with Gasteiger partial charge in [-0.05, 0) is 42.3 Å². The second kappa shape index (κ2) is 6.63. The highest BCUT2D eigenvalue weighted by Crippen LogP contribution is 2.35. The average Bonchev–Trinajstić information content (AvgIpc) is 3.09. The topological polar surface area (TPSA) is 4.93 Å². The van der Waals surface area contributed by atoms with E-state index in [2.05, 4.69) is 122 Å². The monoisotopic (exact) mass is 375 g/mol. The lowest BCUT2D eigenvalue weighted by Gasteiger charge is -2.26. The van der Waals surface area contributed by atoms with Gasteiger partial charge in [-0.2, -0.15) is 0 Å². The molecule has 0 N–H and O–H groups in total. The Morgan fingerprint density at radius 2 is 1.00 bits per heavy atom. The molecule has 1 heterocycles. The van der Waals surface area contributed by atoms with Gasteiger partial charge in [0.2, 0.25) is 0 Å². The number of hydrogen-bond donors (Lipinski definition) is 0. The molecule has 1 aromatic heterocycles. The summed E-state index contributed by atoms with van der Waals surface area (Å²) in [7, 11) is 0. The van der Waals surface area contributed by atoms with Crippen LogP contribution in [-0.2, 0) is 5.41 Å². The minimum Gasteiger partial charge on any atom is -0.309 e. The summed E-state index contributed by atoms with van der Waals surface area (Å²) in [6.07, 6.45) is 0. The van der Waals surface area contributed by atoms with Gasteiger partial charge in [0, 0.05) is 21.9 Å². The number of rotatable bonds is 3. The van der Waals surface area contributed by atoms with Crippen molar-refractivity contribution in [2.75, 3.05) is 0 Å². The van der Waals surface area contributed by atoms with Crippen LogP contribution in [-0.4, -0.2) is 4.57 Å². The summed E-state index contributed by atoms with van der Waals surface area (Å²) in [6.45, 7) is 6.73. The average molecular weight is 376 g/mol. The van der Waals surface area contributed by atoms with E-state index in [0.29, 0.717) is 0 Å². The van der Waals surface area contributed by atoms with Gasteiger partial charge in [-0.3, -0.25) is 0 Å². The maximum Gasteiger partial charge on any atom is 0.0541 e. The molecule has 0 bridgehead atoms. The first-order valence-electron chi connectivity index (χ1n) is 10.2. The van der Waals surface area contributed by atoms with Gasteiger partial charge in [0.15, 0.2) is 0 Å². The number of benzene rings is 4. The van der Waals surface area contributed by atoms with Gasteiger partial charge in [0.05, 0.1) is 11.0 Å². The molecule has 0 aliphatic heterocycles. The first-order chi connectivity index (χ1) is 14.1. The molecule has 5 rings (SSSR count). The summed E-state index contributed by atoms with van der Waals surface area (Å²) in [6, 6.07) is 35.3. The van der Waals surface area contributed by atoms with Crippen molar-refractivity contribution in [1.82, 2.24) is 4.57 Å². The maximum absolute atomic E-state index is 2.37. The number of para-hydroxylation sites is 2. The van der Waals surface area contributed by atoms with Gasteiger partial charge in [-0.25, -0.2) is 0 Å². The van der Waals surface area contributed by atoms with Crippen LogP contribution in [0.3, 0.4) is 0 Å². The van der Waals surface area contributed by atoms with Gasteiger partial charge in [0.25, 0.3) is 0 Å². The molecule has 0 aliphatic carbocycles. The quantitative estimate of drug-likeness (QED) is 0.309. The van der Waals surface area contributed by atoms with E-state index < -0.39 is 0 Å². The Morgan fingerprint density at radius 1 is 0.552 bits per heavy atom. The van der Waals surface area contributed by atoms with Crippen LogP contribution in [0.25, 0.3) is 27.5 Å². The predicted octanol–water partition coefficient (Wildman–Crippen LogP) is 7.42. The highest BCUT2D eigenvalue weighted by molar-refractivity contribution is 6.09. The molecular weight excluding hydrogens is 350 g/mol. The molecule has 29 heavy (non-hydrogen) atoms. The standard InChI is InChI=1S/C28H25N/c1-20-12-14-21(15-13-20)28(2,3)22-16-18-23(19-17-22)29-26-10-6-4-8-24(26)25-9-5-7-11-27(25)29/h4-19H,1-3H3. The van der Waals surface area contributed by atoms with Crippen molar-refractivity contribution in [2.24, 2.45) is 0 Å². The van der Waals surface area contributed by atoms with Crippen molar-refractivity contribution in [1.29, 1.82) is 0 Å². The Balaban J connectivity index is 1.63. The van der Waals surface area contributed by atoms with Crippen LogP contribution in [0.4, 0.5) is 0 Å². The van der Waals surface area contributed by atoms with Crippen molar-refractivity contribution in [3.8, 4) is 5.69 Å². The largest absolute Gasteiger partial charge is 0.309 e. The Labute approximate surface area is 172 Å². The van der Waals surface area contributed by atoms with E-state index in [-0.39, 0.29) is 5.41 Å². The minimum atomic E-state index is -0.0347. The van der Waals surface area contributed by atoms with E-state index in [1.165, 1.54) is 44.2 Å². The molecule has 0 radical (unpaired) electrons. The van der Waals surface area contributed by atoms with Crippen LogP contribution in [0, 0.1) is 6.92 Å². The Bertz CT molecular complexity index is 1250. The third-order valence-electron chi connectivity index (χ3n) is 6.20. The lowest BCUT2D eigenvalue weighted by molar-refractivity contribution is 0.640. The summed E-state index contributed by atoms with van der Waals surface area (Å²) in [5.74, 6) is 0. The van der Waals surface area contributed by atoms with E-state index in [0.717, 1.165) is 0 Å². The third-order valence-corrected chi connectivity index (χ3v) is 6.20. The maximum atomic E-state index is 2.37. The molecule has 0 saturated carbocycles. The molecule has 0 unspecified atom stereocenters. The third kappa shape index (κ3) is 2.86. The number of hydrogen-bond acceptors (Lipinski definition) is 0. The van der Waals surface area contributed by atoms with Gasteiger partial charge >= 0.3 is 0 Å². The van der Waals surface area contributed by atoms with Crippen LogP contribution in [0.2, 0.25) is 0 Å². The van der Waals surface area contributed by atoms with Crippen LogP contribution in [0.5, 0.6) is 0 Å². The molecule has 0 atom stereocenters. The molecule has 1 heteroatoms. The first kappa shape index (κ1) is 17.8. The molecule has 0 amide bonds. The van der Waals surface area contributed by atoms with Crippen LogP contribution < -0.4 is 0 Å². The van der Waals surface area contributed by atoms with Gasteiger partial charge in [-0.15, -0.1) is 0 Å². The van der Waals surface area contributed by atoms with Crippen LogP contribution in [0.1, 0.15) is 30.5 Å². The number of aromatic nitrogens is 1. The molecular formula is C28H25N. The second-order valence-corrected chi connectivity index (χ2v) is 8.41. The fraction of sp³-hybridized carbons (Fsp3) is 0.143. The zero-order valence-electron chi connectivity index (χ0n) is 17.2. The molecule has 142 valence electrons. The number of aryl methyl sites for hydroxylation is 1. The van der Waals surface area contributed by atoms with Gasteiger partial charge in [-0.1, -0.05) is 92.2 Å². The molecule has 4 aromatic carbocycles. The lowest BCUT2D eigenvalue weighted by atomic mass is 9.78. The zero-order chi connectivity index (χ0) is 20.0. The SMILES string of the molecule is Cc1ccc(C(C)(C)c2ccc(-n3c4ccccc4c4ccccc43)cc2)cc1. The Morgan fingerprint density at radius 3 is 1.52 bits per heavy atom. The van der Waals surface area contributed by atoms with E-state index in [1.807, 2.05) is 0 Å². The highest BCUT2D eigenvalue weighted by Gasteiger charge is 2.23.